The van der Waals surface area contributed by atoms with Gasteiger partial charge in [0.2, 0.25) is 0 Å². The molecule has 124 valence electrons. The molecule has 0 unspecified atom stereocenters. The number of aromatic nitrogens is 2. The fraction of sp³-hybridized carbons (Fsp3) is 0.200. The molecule has 0 fully saturated rings. The molecule has 0 amide bonds. The number of hydrogen-bond donors (Lipinski definition) is 1. The van der Waals surface area contributed by atoms with Crippen LogP contribution in [0.3, 0.4) is 0 Å². The minimum absolute atomic E-state index is 0.286. The number of imidazole rings is 1. The first-order valence-electron chi connectivity index (χ1n) is 8.42. The summed E-state index contributed by atoms with van der Waals surface area (Å²) in [5.41, 5.74) is 6.11. The summed E-state index contributed by atoms with van der Waals surface area (Å²) < 4.78 is 5.44. The largest absolute Gasteiger partial charge is 0.423 e. The highest BCUT2D eigenvalue weighted by molar-refractivity contribution is 7.98. The van der Waals surface area contributed by atoms with Gasteiger partial charge >= 0.3 is 5.63 Å². The Hall–Kier alpha value is -2.53. The van der Waals surface area contributed by atoms with E-state index >= 15 is 0 Å². The molecule has 1 aliphatic carbocycles. The van der Waals surface area contributed by atoms with Gasteiger partial charge in [0.15, 0.2) is 5.16 Å². The number of nitrogens with zero attached hydrogens (tertiary/aromatic N) is 1. The molecule has 5 rings (SSSR count). The van der Waals surface area contributed by atoms with Crippen LogP contribution in [0.1, 0.15) is 23.1 Å². The molecule has 0 radical (unpaired) electrons. The molecule has 0 saturated heterocycles. The average molecular weight is 348 g/mol. The number of benzene rings is 2. The second-order valence-electron chi connectivity index (χ2n) is 6.41. The summed E-state index contributed by atoms with van der Waals surface area (Å²) in [7, 11) is 0. The van der Waals surface area contributed by atoms with Gasteiger partial charge in [0, 0.05) is 17.2 Å². The molecule has 2 aromatic carbocycles. The zero-order valence-electron chi connectivity index (χ0n) is 13.5. The summed E-state index contributed by atoms with van der Waals surface area (Å²) in [5, 5.41) is 1.91. The Balaban J connectivity index is 1.52. The molecule has 0 atom stereocenters. The average Bonchev–Trinajstić information content (AvgIpc) is 3.23. The van der Waals surface area contributed by atoms with E-state index in [-0.39, 0.29) is 5.63 Å². The molecule has 4 aromatic rings. The van der Waals surface area contributed by atoms with Crippen molar-refractivity contribution in [1.82, 2.24) is 9.97 Å². The first-order valence-corrected chi connectivity index (χ1v) is 9.41. The van der Waals surface area contributed by atoms with Crippen molar-refractivity contribution in [1.29, 1.82) is 0 Å². The summed E-state index contributed by atoms with van der Waals surface area (Å²) in [5.74, 6) is 0.681. The summed E-state index contributed by atoms with van der Waals surface area (Å²) in [6.07, 6.45) is 3.37. The van der Waals surface area contributed by atoms with Gasteiger partial charge in [-0.2, -0.15) is 0 Å². The van der Waals surface area contributed by atoms with E-state index in [1.807, 2.05) is 24.3 Å². The second kappa shape index (κ2) is 5.77. The summed E-state index contributed by atoms with van der Waals surface area (Å²) in [6, 6.07) is 13.8. The topological polar surface area (TPSA) is 58.9 Å². The minimum Gasteiger partial charge on any atom is -0.423 e. The molecule has 0 saturated carbocycles. The monoisotopic (exact) mass is 348 g/mol. The van der Waals surface area contributed by atoms with Crippen LogP contribution >= 0.6 is 11.8 Å². The number of hydrogen-bond acceptors (Lipinski definition) is 4. The Morgan fingerprint density at radius 3 is 2.84 bits per heavy atom. The van der Waals surface area contributed by atoms with Crippen molar-refractivity contribution in [3.8, 4) is 0 Å². The van der Waals surface area contributed by atoms with Gasteiger partial charge in [0.25, 0.3) is 0 Å². The molecule has 4 nitrogen and oxygen atoms in total. The van der Waals surface area contributed by atoms with Crippen molar-refractivity contribution < 1.29 is 4.42 Å². The van der Waals surface area contributed by atoms with Crippen LogP contribution in [0.4, 0.5) is 0 Å². The van der Waals surface area contributed by atoms with Gasteiger partial charge in [-0.1, -0.05) is 23.9 Å². The van der Waals surface area contributed by atoms with Crippen molar-refractivity contribution in [2.45, 2.75) is 30.2 Å². The third-order valence-electron chi connectivity index (χ3n) is 4.77. The number of nitrogens with one attached hydrogen (secondary N) is 1. The number of rotatable bonds is 3. The SMILES string of the molecule is O=c1cc(CSc2nc3ccccc3[nH]2)c2cc3c(cc2o1)CCC3. The van der Waals surface area contributed by atoms with Crippen LogP contribution in [0.25, 0.3) is 22.0 Å². The van der Waals surface area contributed by atoms with Crippen LogP contribution in [0.2, 0.25) is 0 Å². The number of aryl methyl sites for hydroxylation is 2. The Labute approximate surface area is 148 Å². The van der Waals surface area contributed by atoms with Crippen molar-refractivity contribution in [3.63, 3.8) is 0 Å². The highest BCUT2D eigenvalue weighted by Crippen LogP contribution is 2.31. The van der Waals surface area contributed by atoms with Crippen molar-refractivity contribution in [2.75, 3.05) is 0 Å². The second-order valence-corrected chi connectivity index (χ2v) is 7.37. The maximum absolute atomic E-state index is 12.0. The summed E-state index contributed by atoms with van der Waals surface area (Å²) in [6.45, 7) is 0. The fourth-order valence-corrected chi connectivity index (χ4v) is 4.43. The molecule has 0 spiro atoms. The van der Waals surface area contributed by atoms with Crippen LogP contribution in [-0.2, 0) is 18.6 Å². The van der Waals surface area contributed by atoms with Crippen molar-refractivity contribution >= 4 is 33.8 Å². The van der Waals surface area contributed by atoms with E-state index in [1.54, 1.807) is 17.8 Å². The Morgan fingerprint density at radius 2 is 1.96 bits per heavy atom. The lowest BCUT2D eigenvalue weighted by Gasteiger charge is -2.07. The quantitative estimate of drug-likeness (QED) is 0.439. The number of fused-ring (bicyclic) bond motifs is 3. The third-order valence-corrected chi connectivity index (χ3v) is 5.70. The number of aromatic amines is 1. The van der Waals surface area contributed by atoms with E-state index in [0.29, 0.717) is 11.3 Å². The van der Waals surface area contributed by atoms with Crippen LogP contribution < -0.4 is 5.63 Å². The van der Waals surface area contributed by atoms with Gasteiger partial charge in [-0.15, -0.1) is 0 Å². The smallest absolute Gasteiger partial charge is 0.336 e. The number of para-hydroxylation sites is 2. The van der Waals surface area contributed by atoms with Gasteiger partial charge in [-0.05, 0) is 60.2 Å². The number of H-pyrrole nitrogens is 1. The highest BCUT2D eigenvalue weighted by Gasteiger charge is 2.15. The zero-order chi connectivity index (χ0) is 16.8. The van der Waals surface area contributed by atoms with Gasteiger partial charge in [0.1, 0.15) is 5.58 Å². The van der Waals surface area contributed by atoms with Gasteiger partial charge < -0.3 is 9.40 Å². The lowest BCUT2D eigenvalue weighted by Crippen LogP contribution is -2.01. The Morgan fingerprint density at radius 1 is 1.12 bits per heavy atom. The maximum Gasteiger partial charge on any atom is 0.336 e. The maximum atomic E-state index is 12.0. The van der Waals surface area contributed by atoms with Crippen LogP contribution in [-0.4, -0.2) is 9.97 Å². The minimum atomic E-state index is -0.286. The summed E-state index contributed by atoms with van der Waals surface area (Å²) >= 11 is 1.61. The molecule has 1 N–H and O–H groups in total. The van der Waals surface area contributed by atoms with E-state index in [9.17, 15) is 4.79 Å². The van der Waals surface area contributed by atoms with Crippen LogP contribution in [0.15, 0.2) is 56.8 Å². The van der Waals surface area contributed by atoms with Crippen molar-refractivity contribution in [2.24, 2.45) is 0 Å². The third kappa shape index (κ3) is 2.65. The number of thioether (sulfide) groups is 1. The van der Waals surface area contributed by atoms with E-state index in [1.165, 1.54) is 17.5 Å². The Bertz CT molecular complexity index is 1130. The molecule has 2 heterocycles. The standard InChI is InChI=1S/C20H16N2O2S/c23-19-10-14(11-25-20-21-16-6-1-2-7-17(16)22-20)15-8-12-4-3-5-13(12)9-18(15)24-19/h1-2,6-10H,3-5,11H2,(H,21,22). The molecule has 5 heteroatoms. The van der Waals surface area contributed by atoms with Crippen LogP contribution in [0, 0.1) is 0 Å². The predicted molar refractivity (Wildman–Crippen MR) is 100 cm³/mol. The van der Waals surface area contributed by atoms with E-state index < -0.39 is 0 Å². The van der Waals surface area contributed by atoms with E-state index in [2.05, 4.69) is 22.1 Å². The summed E-state index contributed by atoms with van der Waals surface area (Å²) in [4.78, 5) is 19.9. The highest BCUT2D eigenvalue weighted by atomic mass is 32.2. The van der Waals surface area contributed by atoms with Crippen LogP contribution in [0.5, 0.6) is 0 Å². The molecular weight excluding hydrogens is 332 g/mol. The predicted octanol–water partition coefficient (Wildman–Crippen LogP) is 4.45. The van der Waals surface area contributed by atoms with Gasteiger partial charge in [0.05, 0.1) is 11.0 Å². The van der Waals surface area contributed by atoms with Gasteiger partial charge in [-0.3, -0.25) is 0 Å². The molecule has 1 aliphatic rings. The Kier molecular flexibility index (Phi) is 3.41. The van der Waals surface area contributed by atoms with Crippen molar-refractivity contribution in [3.05, 3.63) is 69.6 Å². The first kappa shape index (κ1) is 14.8. The normalized spacial score (nSPS) is 13.6. The molecule has 25 heavy (non-hydrogen) atoms. The lowest BCUT2D eigenvalue weighted by molar-refractivity contribution is 0.559. The molecule has 0 bridgehead atoms. The van der Waals surface area contributed by atoms with E-state index in [0.717, 1.165) is 40.0 Å². The molecule has 2 aromatic heterocycles. The zero-order valence-corrected chi connectivity index (χ0v) is 14.4. The molecule has 0 aliphatic heterocycles. The lowest BCUT2D eigenvalue weighted by atomic mass is 10.0. The van der Waals surface area contributed by atoms with Gasteiger partial charge in [-0.25, -0.2) is 9.78 Å². The van der Waals surface area contributed by atoms with E-state index in [4.69, 9.17) is 4.42 Å². The molecular formula is C20H16N2O2S. The fourth-order valence-electron chi connectivity index (χ4n) is 3.56. The first-order chi connectivity index (χ1) is 12.3.